The summed E-state index contributed by atoms with van der Waals surface area (Å²) in [5, 5.41) is 1.81. The Morgan fingerprint density at radius 3 is 2.80 bits per heavy atom. The number of aromatic nitrogens is 3. The monoisotopic (exact) mass is 283 g/mol. The quantitative estimate of drug-likeness (QED) is 0.813. The first-order valence-electron chi connectivity index (χ1n) is 4.66. The third-order valence-electron chi connectivity index (χ3n) is 2.02. The number of alkyl halides is 1. The van der Waals surface area contributed by atoms with E-state index in [2.05, 4.69) is 37.8 Å². The van der Waals surface area contributed by atoms with Crippen LogP contribution in [-0.4, -0.2) is 15.0 Å². The number of halogens is 1. The molecule has 0 unspecified atom stereocenters. The molecule has 0 saturated carbocycles. The molecule has 0 aliphatic heterocycles. The van der Waals surface area contributed by atoms with Crippen molar-refractivity contribution in [3.63, 3.8) is 0 Å². The molecule has 0 saturated heterocycles. The summed E-state index contributed by atoms with van der Waals surface area (Å²) >= 11 is 5.15. The van der Waals surface area contributed by atoms with E-state index in [4.69, 9.17) is 0 Å². The molecule has 3 nitrogen and oxygen atoms in total. The van der Waals surface area contributed by atoms with E-state index < -0.39 is 0 Å². The van der Waals surface area contributed by atoms with Crippen LogP contribution >= 0.6 is 27.3 Å². The van der Waals surface area contributed by atoms with Crippen LogP contribution in [0.2, 0.25) is 0 Å². The summed E-state index contributed by atoms with van der Waals surface area (Å²) in [5.41, 5.74) is 2.00. The lowest BCUT2D eigenvalue weighted by molar-refractivity contribution is 1.04. The molecule has 0 atom stereocenters. The van der Waals surface area contributed by atoms with Crippen LogP contribution in [-0.2, 0) is 11.8 Å². The van der Waals surface area contributed by atoms with E-state index in [9.17, 15) is 0 Å². The number of thiazole rings is 1. The smallest absolute Gasteiger partial charge is 0.144 e. The molecule has 0 amide bonds. The standard InChI is InChI=1S/C10H10BrN3S/c1-2-7-9(5-11)15-10(14-7)8-6-12-3-4-13-8/h3-4,6H,2,5H2,1H3. The Hall–Kier alpha value is -0.810. The van der Waals surface area contributed by atoms with Gasteiger partial charge in [-0.05, 0) is 6.42 Å². The number of nitrogens with zero attached hydrogens (tertiary/aromatic N) is 3. The topological polar surface area (TPSA) is 38.7 Å². The number of hydrogen-bond donors (Lipinski definition) is 0. The van der Waals surface area contributed by atoms with Crippen molar-refractivity contribution in [3.05, 3.63) is 29.2 Å². The summed E-state index contributed by atoms with van der Waals surface area (Å²) in [5.74, 6) is 0. The first-order valence-corrected chi connectivity index (χ1v) is 6.60. The second kappa shape index (κ2) is 4.81. The highest BCUT2D eigenvalue weighted by Gasteiger charge is 2.10. The number of aryl methyl sites for hydroxylation is 1. The van der Waals surface area contributed by atoms with Crippen molar-refractivity contribution >= 4 is 27.3 Å². The van der Waals surface area contributed by atoms with Gasteiger partial charge in [-0.3, -0.25) is 9.97 Å². The van der Waals surface area contributed by atoms with Gasteiger partial charge in [0.2, 0.25) is 0 Å². The molecular weight excluding hydrogens is 274 g/mol. The van der Waals surface area contributed by atoms with Gasteiger partial charge in [0.1, 0.15) is 10.7 Å². The third kappa shape index (κ3) is 2.23. The Bertz CT molecular complexity index is 420. The van der Waals surface area contributed by atoms with Gasteiger partial charge in [-0.2, -0.15) is 0 Å². The van der Waals surface area contributed by atoms with Gasteiger partial charge in [-0.1, -0.05) is 22.9 Å². The summed E-state index contributed by atoms with van der Waals surface area (Å²) < 4.78 is 0. The van der Waals surface area contributed by atoms with Crippen molar-refractivity contribution in [3.8, 4) is 10.7 Å². The van der Waals surface area contributed by atoms with Crippen LogP contribution in [0.5, 0.6) is 0 Å². The van der Waals surface area contributed by atoms with E-state index in [1.807, 2.05) is 0 Å². The second-order valence-electron chi connectivity index (χ2n) is 2.97. The molecular formula is C10H10BrN3S. The first kappa shape index (κ1) is 10.7. The first-order chi connectivity index (χ1) is 7.35. The van der Waals surface area contributed by atoms with Gasteiger partial charge in [0.05, 0.1) is 11.9 Å². The van der Waals surface area contributed by atoms with E-state index in [1.165, 1.54) is 4.88 Å². The summed E-state index contributed by atoms with van der Waals surface area (Å²) in [6.07, 6.45) is 6.06. The molecule has 0 aliphatic rings. The fourth-order valence-corrected chi connectivity index (χ4v) is 2.91. The summed E-state index contributed by atoms with van der Waals surface area (Å²) in [4.78, 5) is 14.1. The van der Waals surface area contributed by atoms with Crippen LogP contribution in [0.3, 0.4) is 0 Å². The van der Waals surface area contributed by atoms with Crippen molar-refractivity contribution in [2.45, 2.75) is 18.7 Å². The lowest BCUT2D eigenvalue weighted by atomic mass is 10.3. The molecule has 0 N–H and O–H groups in total. The maximum atomic E-state index is 4.56. The lowest BCUT2D eigenvalue weighted by Gasteiger charge is -1.91. The van der Waals surface area contributed by atoms with Crippen molar-refractivity contribution in [1.29, 1.82) is 0 Å². The Balaban J connectivity index is 2.42. The molecule has 0 radical (unpaired) electrons. The molecule has 2 aromatic heterocycles. The van der Waals surface area contributed by atoms with E-state index in [0.29, 0.717) is 0 Å². The van der Waals surface area contributed by atoms with E-state index in [1.54, 1.807) is 29.9 Å². The van der Waals surface area contributed by atoms with Crippen LogP contribution in [0.15, 0.2) is 18.6 Å². The molecule has 0 bridgehead atoms. The zero-order valence-electron chi connectivity index (χ0n) is 8.27. The Morgan fingerprint density at radius 2 is 2.27 bits per heavy atom. The Kier molecular flexibility index (Phi) is 3.43. The highest BCUT2D eigenvalue weighted by Crippen LogP contribution is 2.28. The summed E-state index contributed by atoms with van der Waals surface area (Å²) in [6.45, 7) is 2.11. The van der Waals surface area contributed by atoms with Crippen LogP contribution in [0, 0.1) is 0 Å². The van der Waals surface area contributed by atoms with Crippen LogP contribution in [0.4, 0.5) is 0 Å². The molecule has 0 fully saturated rings. The van der Waals surface area contributed by atoms with Gasteiger partial charge in [0.25, 0.3) is 0 Å². The maximum Gasteiger partial charge on any atom is 0.144 e. The van der Waals surface area contributed by atoms with Gasteiger partial charge in [0, 0.05) is 22.6 Å². The minimum absolute atomic E-state index is 0.851. The van der Waals surface area contributed by atoms with Crippen molar-refractivity contribution < 1.29 is 0 Å². The fraction of sp³-hybridized carbons (Fsp3) is 0.300. The number of hydrogen-bond acceptors (Lipinski definition) is 4. The molecule has 2 rings (SSSR count). The fourth-order valence-electron chi connectivity index (χ4n) is 1.28. The van der Waals surface area contributed by atoms with Gasteiger partial charge in [0.15, 0.2) is 0 Å². The highest BCUT2D eigenvalue weighted by molar-refractivity contribution is 9.08. The van der Waals surface area contributed by atoms with Crippen molar-refractivity contribution in [1.82, 2.24) is 15.0 Å². The molecule has 5 heteroatoms. The van der Waals surface area contributed by atoms with Gasteiger partial charge in [-0.25, -0.2) is 4.98 Å². The van der Waals surface area contributed by atoms with E-state index in [-0.39, 0.29) is 0 Å². The van der Waals surface area contributed by atoms with Gasteiger partial charge in [-0.15, -0.1) is 11.3 Å². The SMILES string of the molecule is CCc1nc(-c2cnccn2)sc1CBr. The second-order valence-corrected chi connectivity index (χ2v) is 4.61. The third-order valence-corrected chi connectivity index (χ3v) is 4.07. The summed E-state index contributed by atoms with van der Waals surface area (Å²) in [7, 11) is 0. The predicted octanol–water partition coefficient (Wildman–Crippen LogP) is 3.06. The molecule has 0 aliphatic carbocycles. The van der Waals surface area contributed by atoms with E-state index >= 15 is 0 Å². The Morgan fingerprint density at radius 1 is 1.40 bits per heavy atom. The maximum absolute atomic E-state index is 4.56. The molecule has 0 aromatic carbocycles. The average molecular weight is 284 g/mol. The van der Waals surface area contributed by atoms with Gasteiger partial charge < -0.3 is 0 Å². The average Bonchev–Trinajstić information content (AvgIpc) is 2.73. The summed E-state index contributed by atoms with van der Waals surface area (Å²) in [6, 6.07) is 0. The van der Waals surface area contributed by atoms with Crippen LogP contribution in [0.1, 0.15) is 17.5 Å². The molecule has 0 spiro atoms. The number of rotatable bonds is 3. The van der Waals surface area contributed by atoms with Crippen LogP contribution < -0.4 is 0 Å². The van der Waals surface area contributed by atoms with Crippen LogP contribution in [0.25, 0.3) is 10.7 Å². The zero-order chi connectivity index (χ0) is 10.7. The molecule has 2 heterocycles. The molecule has 78 valence electrons. The molecule has 15 heavy (non-hydrogen) atoms. The predicted molar refractivity (Wildman–Crippen MR) is 65.1 cm³/mol. The lowest BCUT2D eigenvalue weighted by Crippen LogP contribution is -1.86. The van der Waals surface area contributed by atoms with Crippen molar-refractivity contribution in [2.24, 2.45) is 0 Å². The van der Waals surface area contributed by atoms with E-state index in [0.717, 1.165) is 28.1 Å². The Labute approximate surface area is 101 Å². The highest BCUT2D eigenvalue weighted by atomic mass is 79.9. The van der Waals surface area contributed by atoms with Crippen molar-refractivity contribution in [2.75, 3.05) is 0 Å². The minimum Gasteiger partial charge on any atom is -0.261 e. The minimum atomic E-state index is 0.851. The normalized spacial score (nSPS) is 10.5. The van der Waals surface area contributed by atoms with Gasteiger partial charge >= 0.3 is 0 Å². The zero-order valence-corrected chi connectivity index (χ0v) is 10.7. The largest absolute Gasteiger partial charge is 0.261 e. The molecule has 2 aromatic rings.